The van der Waals surface area contributed by atoms with Crippen LogP contribution in [0.1, 0.15) is 11.1 Å². The van der Waals surface area contributed by atoms with Crippen molar-refractivity contribution in [3.63, 3.8) is 0 Å². The van der Waals surface area contributed by atoms with Gasteiger partial charge in [-0.3, -0.25) is 19.7 Å². The third-order valence-electron chi connectivity index (χ3n) is 5.10. The van der Waals surface area contributed by atoms with Gasteiger partial charge in [-0.2, -0.15) is 0 Å². The van der Waals surface area contributed by atoms with E-state index in [1.54, 1.807) is 36.4 Å². The van der Waals surface area contributed by atoms with Crippen LogP contribution >= 0.6 is 27.5 Å². The number of carbonyl (C=O) groups is 4. The molecule has 1 saturated heterocycles. The van der Waals surface area contributed by atoms with E-state index in [-0.39, 0.29) is 29.5 Å². The van der Waals surface area contributed by atoms with Gasteiger partial charge in [-0.25, -0.2) is 9.69 Å². The molecule has 5 amide bonds. The number of rotatable bonds is 6. The van der Waals surface area contributed by atoms with E-state index in [0.717, 1.165) is 10.5 Å². The first kappa shape index (κ1) is 25.2. The highest BCUT2D eigenvalue weighted by Gasteiger charge is 2.37. The smallest absolute Gasteiger partial charge is 0.335 e. The number of imide groups is 2. The van der Waals surface area contributed by atoms with Gasteiger partial charge in [0.15, 0.2) is 6.61 Å². The molecule has 10 heteroatoms. The number of urea groups is 1. The molecule has 0 aromatic heterocycles. The van der Waals surface area contributed by atoms with E-state index in [0.29, 0.717) is 20.7 Å². The first-order valence-corrected chi connectivity index (χ1v) is 11.8. The van der Waals surface area contributed by atoms with Crippen LogP contribution in [-0.2, 0) is 14.4 Å². The van der Waals surface area contributed by atoms with Crippen molar-refractivity contribution in [3.05, 3.63) is 92.9 Å². The fourth-order valence-corrected chi connectivity index (χ4v) is 4.05. The van der Waals surface area contributed by atoms with E-state index in [9.17, 15) is 19.2 Å². The lowest BCUT2D eigenvalue weighted by molar-refractivity contribution is -0.122. The highest BCUT2D eigenvalue weighted by molar-refractivity contribution is 9.10. The Bertz CT molecular complexity index is 1420. The van der Waals surface area contributed by atoms with Crippen LogP contribution in [0.15, 0.2) is 76.8 Å². The predicted molar refractivity (Wildman–Crippen MR) is 140 cm³/mol. The van der Waals surface area contributed by atoms with Crippen LogP contribution in [0.2, 0.25) is 5.02 Å². The number of aryl methyl sites for hydroxylation is 1. The lowest BCUT2D eigenvalue weighted by Gasteiger charge is -2.26. The van der Waals surface area contributed by atoms with Gasteiger partial charge in [0.25, 0.3) is 17.7 Å². The molecule has 8 nitrogen and oxygen atoms in total. The SMILES string of the molecule is Cc1cccc(NC(=O)COc2ccc(Br)cc2/C=C2\C(=O)NC(=O)N(c3cccc(Cl)c3)C2=O)c1. The molecular weight excluding hydrogens is 550 g/mol. The Morgan fingerprint density at radius 2 is 1.86 bits per heavy atom. The van der Waals surface area contributed by atoms with E-state index in [4.69, 9.17) is 16.3 Å². The zero-order chi connectivity index (χ0) is 25.8. The van der Waals surface area contributed by atoms with Crippen LogP contribution in [0.5, 0.6) is 5.75 Å². The molecule has 0 saturated carbocycles. The third-order valence-corrected chi connectivity index (χ3v) is 5.83. The number of ether oxygens (including phenoxy) is 1. The Morgan fingerprint density at radius 1 is 1.08 bits per heavy atom. The Labute approximate surface area is 220 Å². The van der Waals surface area contributed by atoms with E-state index >= 15 is 0 Å². The van der Waals surface area contributed by atoms with E-state index < -0.39 is 17.8 Å². The molecule has 0 atom stereocenters. The summed E-state index contributed by atoms with van der Waals surface area (Å²) < 4.78 is 6.35. The molecule has 3 aromatic carbocycles. The third kappa shape index (κ3) is 5.81. The predicted octanol–water partition coefficient (Wildman–Crippen LogP) is 5.09. The van der Waals surface area contributed by atoms with Crippen LogP contribution in [0.4, 0.5) is 16.2 Å². The molecule has 36 heavy (non-hydrogen) atoms. The minimum absolute atomic E-state index is 0.210. The zero-order valence-corrected chi connectivity index (χ0v) is 21.2. The molecule has 0 aliphatic carbocycles. The molecule has 1 heterocycles. The number of benzene rings is 3. The molecule has 3 aromatic rings. The zero-order valence-electron chi connectivity index (χ0n) is 18.9. The highest BCUT2D eigenvalue weighted by atomic mass is 79.9. The van der Waals surface area contributed by atoms with Crippen molar-refractivity contribution in [3.8, 4) is 5.75 Å². The molecule has 1 aliphatic heterocycles. The number of barbiturate groups is 1. The van der Waals surface area contributed by atoms with Gasteiger partial charge in [-0.15, -0.1) is 0 Å². The number of amides is 5. The molecule has 0 spiro atoms. The second-order valence-corrected chi connectivity index (χ2v) is 9.18. The molecule has 0 radical (unpaired) electrons. The average molecular weight is 569 g/mol. The van der Waals surface area contributed by atoms with Crippen LogP contribution < -0.4 is 20.3 Å². The fourth-order valence-electron chi connectivity index (χ4n) is 3.49. The van der Waals surface area contributed by atoms with Crippen molar-refractivity contribution in [2.45, 2.75) is 6.92 Å². The number of hydrogen-bond acceptors (Lipinski definition) is 5. The minimum atomic E-state index is -0.886. The molecule has 2 N–H and O–H groups in total. The van der Waals surface area contributed by atoms with Gasteiger partial charge in [-0.05, 0) is 67.1 Å². The highest BCUT2D eigenvalue weighted by Crippen LogP contribution is 2.29. The van der Waals surface area contributed by atoms with Gasteiger partial charge < -0.3 is 10.1 Å². The van der Waals surface area contributed by atoms with Gasteiger partial charge in [0.05, 0.1) is 5.69 Å². The standard InChI is InChI=1S/C26H19BrClN3O5/c1-15-4-2-6-19(10-15)29-23(32)14-36-22-9-8-17(27)11-16(22)12-21-24(33)30-26(35)31(25(21)34)20-7-3-5-18(28)13-20/h2-13H,14H2,1H3,(H,29,32)(H,30,33,35)/b21-12+. The summed E-state index contributed by atoms with van der Waals surface area (Å²) in [5.74, 6) is -1.80. The summed E-state index contributed by atoms with van der Waals surface area (Å²) in [7, 11) is 0. The van der Waals surface area contributed by atoms with Crippen molar-refractivity contribution in [1.82, 2.24) is 5.32 Å². The fraction of sp³-hybridized carbons (Fsp3) is 0.0769. The molecule has 1 aliphatic rings. The average Bonchev–Trinajstić information content (AvgIpc) is 2.81. The number of halogens is 2. The van der Waals surface area contributed by atoms with Gasteiger partial charge in [-0.1, -0.05) is 45.7 Å². The lowest BCUT2D eigenvalue weighted by atomic mass is 10.1. The maximum absolute atomic E-state index is 13.2. The van der Waals surface area contributed by atoms with E-state index in [1.165, 1.54) is 18.2 Å². The summed E-state index contributed by atoms with van der Waals surface area (Å²) in [6.45, 7) is 1.61. The largest absolute Gasteiger partial charge is 0.483 e. The summed E-state index contributed by atoms with van der Waals surface area (Å²) in [6.07, 6.45) is 1.31. The van der Waals surface area contributed by atoms with Gasteiger partial charge >= 0.3 is 6.03 Å². The lowest BCUT2D eigenvalue weighted by Crippen LogP contribution is -2.54. The monoisotopic (exact) mass is 567 g/mol. The number of hydrogen-bond donors (Lipinski definition) is 2. The van der Waals surface area contributed by atoms with Crippen molar-refractivity contribution in [1.29, 1.82) is 0 Å². The van der Waals surface area contributed by atoms with Crippen LogP contribution in [0, 0.1) is 6.92 Å². The number of nitrogens with one attached hydrogen (secondary N) is 2. The summed E-state index contributed by atoms with van der Waals surface area (Å²) in [4.78, 5) is 51.4. The molecule has 0 unspecified atom stereocenters. The molecule has 182 valence electrons. The maximum atomic E-state index is 13.2. The quantitative estimate of drug-likeness (QED) is 0.318. The van der Waals surface area contributed by atoms with Gasteiger partial charge in [0.1, 0.15) is 11.3 Å². The van der Waals surface area contributed by atoms with Gasteiger partial charge in [0, 0.05) is 20.7 Å². The Hall–Kier alpha value is -3.95. The topological polar surface area (TPSA) is 105 Å². The first-order chi connectivity index (χ1) is 17.2. The second-order valence-electron chi connectivity index (χ2n) is 7.83. The number of anilines is 2. The van der Waals surface area contributed by atoms with Crippen molar-refractivity contribution < 1.29 is 23.9 Å². The van der Waals surface area contributed by atoms with E-state index in [2.05, 4.69) is 26.6 Å². The van der Waals surface area contributed by atoms with E-state index in [1.807, 2.05) is 25.1 Å². The summed E-state index contributed by atoms with van der Waals surface area (Å²) in [5, 5.41) is 5.24. The normalized spacial score (nSPS) is 14.6. The Balaban J connectivity index is 1.58. The van der Waals surface area contributed by atoms with Crippen LogP contribution in [0.3, 0.4) is 0 Å². The Kier molecular flexibility index (Phi) is 7.52. The molecule has 1 fully saturated rings. The summed E-state index contributed by atoms with van der Waals surface area (Å²) in [5.41, 5.74) is 1.91. The minimum Gasteiger partial charge on any atom is -0.483 e. The van der Waals surface area contributed by atoms with Crippen molar-refractivity contribution in [2.75, 3.05) is 16.8 Å². The van der Waals surface area contributed by atoms with Crippen molar-refractivity contribution in [2.24, 2.45) is 0 Å². The number of carbonyl (C=O) groups excluding carboxylic acids is 4. The summed E-state index contributed by atoms with van der Waals surface area (Å²) in [6, 6.07) is 17.5. The molecule has 0 bridgehead atoms. The summed E-state index contributed by atoms with van der Waals surface area (Å²) >= 11 is 9.37. The molecular formula is C26H19BrClN3O5. The Morgan fingerprint density at radius 3 is 2.61 bits per heavy atom. The first-order valence-electron chi connectivity index (χ1n) is 10.7. The second kappa shape index (κ2) is 10.8. The molecule has 4 rings (SSSR count). The van der Waals surface area contributed by atoms with Crippen molar-refractivity contribution >= 4 is 68.7 Å². The van der Waals surface area contributed by atoms with Gasteiger partial charge in [0.2, 0.25) is 0 Å². The van der Waals surface area contributed by atoms with Crippen LogP contribution in [-0.4, -0.2) is 30.4 Å². The maximum Gasteiger partial charge on any atom is 0.335 e. The number of nitrogens with zero attached hydrogens (tertiary/aromatic N) is 1. The van der Waals surface area contributed by atoms with Crippen LogP contribution in [0.25, 0.3) is 6.08 Å².